The molecule has 1 fully saturated rings. The van der Waals surface area contributed by atoms with Gasteiger partial charge in [0.05, 0.1) is 6.61 Å². The molecular weight excluding hydrogens is 152 g/mol. The van der Waals surface area contributed by atoms with Crippen molar-refractivity contribution in [3.05, 3.63) is 11.8 Å². The Balaban J connectivity index is 2.07. The van der Waals surface area contributed by atoms with Crippen molar-refractivity contribution in [2.45, 2.75) is 38.7 Å². The minimum atomic E-state index is -0.573. The van der Waals surface area contributed by atoms with E-state index in [2.05, 4.69) is 19.9 Å². The highest BCUT2D eigenvalue weighted by atomic mass is 16.5. The second kappa shape index (κ2) is 2.25. The van der Waals surface area contributed by atoms with Crippen molar-refractivity contribution in [1.82, 2.24) is 0 Å². The molecule has 2 nitrogen and oxygen atoms in total. The van der Waals surface area contributed by atoms with E-state index in [-0.39, 0.29) is 5.41 Å². The Bertz CT molecular complexity index is 224. The minimum absolute atomic E-state index is 0.245. The first-order chi connectivity index (χ1) is 5.52. The van der Waals surface area contributed by atoms with E-state index in [9.17, 15) is 5.11 Å². The Morgan fingerprint density at radius 1 is 1.42 bits per heavy atom. The van der Waals surface area contributed by atoms with Crippen molar-refractivity contribution >= 4 is 0 Å². The SMILES string of the molecule is CC1(C)CC=C(C2(O)CC2)OC1. The quantitative estimate of drug-likeness (QED) is 0.647. The second-order valence-electron chi connectivity index (χ2n) is 4.76. The van der Waals surface area contributed by atoms with Gasteiger partial charge in [-0.25, -0.2) is 0 Å². The maximum Gasteiger partial charge on any atom is 0.124 e. The molecule has 0 bridgehead atoms. The number of aliphatic hydroxyl groups is 1. The Hall–Kier alpha value is -0.500. The van der Waals surface area contributed by atoms with Crippen molar-refractivity contribution in [2.24, 2.45) is 5.41 Å². The molecule has 0 aromatic rings. The first-order valence-electron chi connectivity index (χ1n) is 4.58. The van der Waals surface area contributed by atoms with Gasteiger partial charge in [-0.3, -0.25) is 0 Å². The monoisotopic (exact) mass is 168 g/mol. The lowest BCUT2D eigenvalue weighted by molar-refractivity contribution is 0.0330. The summed E-state index contributed by atoms with van der Waals surface area (Å²) in [7, 11) is 0. The van der Waals surface area contributed by atoms with Crippen molar-refractivity contribution in [2.75, 3.05) is 6.61 Å². The van der Waals surface area contributed by atoms with E-state index in [4.69, 9.17) is 4.74 Å². The molecule has 0 aromatic carbocycles. The summed E-state index contributed by atoms with van der Waals surface area (Å²) in [5.41, 5.74) is -0.328. The maximum atomic E-state index is 9.73. The lowest BCUT2D eigenvalue weighted by Gasteiger charge is -2.30. The highest BCUT2D eigenvalue weighted by Crippen LogP contribution is 2.45. The molecule has 2 rings (SSSR count). The van der Waals surface area contributed by atoms with Crippen LogP contribution in [0, 0.1) is 5.41 Å². The standard InChI is InChI=1S/C10H16O2/c1-9(2)4-3-8(12-7-9)10(11)5-6-10/h3,11H,4-7H2,1-2H3. The van der Waals surface area contributed by atoms with Crippen LogP contribution >= 0.6 is 0 Å². The number of hydrogen-bond donors (Lipinski definition) is 1. The van der Waals surface area contributed by atoms with Gasteiger partial charge >= 0.3 is 0 Å². The van der Waals surface area contributed by atoms with Gasteiger partial charge in [0, 0.05) is 5.41 Å². The zero-order valence-corrected chi connectivity index (χ0v) is 7.76. The summed E-state index contributed by atoms with van der Waals surface area (Å²) in [5, 5.41) is 9.73. The van der Waals surface area contributed by atoms with Gasteiger partial charge in [-0.2, -0.15) is 0 Å². The lowest BCUT2D eigenvalue weighted by Crippen LogP contribution is -2.27. The average Bonchev–Trinajstić information content (AvgIpc) is 2.68. The fourth-order valence-electron chi connectivity index (χ4n) is 1.45. The average molecular weight is 168 g/mol. The van der Waals surface area contributed by atoms with Crippen LogP contribution in [-0.2, 0) is 4.74 Å². The summed E-state index contributed by atoms with van der Waals surface area (Å²) in [4.78, 5) is 0. The Labute approximate surface area is 73.2 Å². The van der Waals surface area contributed by atoms with Crippen LogP contribution in [0.15, 0.2) is 11.8 Å². The molecule has 0 atom stereocenters. The van der Waals surface area contributed by atoms with E-state index in [0.717, 1.165) is 31.6 Å². The fourth-order valence-corrected chi connectivity index (χ4v) is 1.45. The van der Waals surface area contributed by atoms with Gasteiger partial charge < -0.3 is 9.84 Å². The zero-order valence-electron chi connectivity index (χ0n) is 7.76. The largest absolute Gasteiger partial charge is 0.495 e. The number of allylic oxidation sites excluding steroid dienone is 1. The third-order valence-electron chi connectivity index (χ3n) is 2.64. The van der Waals surface area contributed by atoms with Crippen molar-refractivity contribution < 1.29 is 9.84 Å². The molecule has 1 aliphatic carbocycles. The normalized spacial score (nSPS) is 30.4. The molecule has 1 aliphatic heterocycles. The highest BCUT2D eigenvalue weighted by Gasteiger charge is 2.47. The van der Waals surface area contributed by atoms with Crippen LogP contribution in [0.25, 0.3) is 0 Å². The molecule has 0 saturated heterocycles. The summed E-state index contributed by atoms with van der Waals surface area (Å²) < 4.78 is 5.53. The van der Waals surface area contributed by atoms with Crippen molar-refractivity contribution in [1.29, 1.82) is 0 Å². The molecular formula is C10H16O2. The summed E-state index contributed by atoms with van der Waals surface area (Å²) in [5.74, 6) is 0.821. The van der Waals surface area contributed by atoms with E-state index in [0.29, 0.717) is 0 Å². The number of ether oxygens (including phenoxy) is 1. The topological polar surface area (TPSA) is 29.5 Å². The van der Waals surface area contributed by atoms with E-state index in [1.165, 1.54) is 0 Å². The lowest BCUT2D eigenvalue weighted by atomic mass is 9.88. The Morgan fingerprint density at radius 3 is 2.50 bits per heavy atom. The Kier molecular flexibility index (Phi) is 1.52. The smallest absolute Gasteiger partial charge is 0.124 e. The third kappa shape index (κ3) is 1.36. The predicted octanol–water partition coefficient (Wildman–Crippen LogP) is 1.84. The van der Waals surface area contributed by atoms with Gasteiger partial charge in [-0.05, 0) is 25.3 Å². The second-order valence-corrected chi connectivity index (χ2v) is 4.76. The van der Waals surface area contributed by atoms with E-state index >= 15 is 0 Å². The first-order valence-corrected chi connectivity index (χ1v) is 4.58. The van der Waals surface area contributed by atoms with Crippen LogP contribution < -0.4 is 0 Å². The molecule has 0 spiro atoms. The molecule has 2 aliphatic rings. The summed E-state index contributed by atoms with van der Waals surface area (Å²) in [6.07, 6.45) is 4.82. The van der Waals surface area contributed by atoms with Crippen molar-refractivity contribution in [3.63, 3.8) is 0 Å². The van der Waals surface area contributed by atoms with Gasteiger partial charge in [0.25, 0.3) is 0 Å². The van der Waals surface area contributed by atoms with Crippen LogP contribution in [0.5, 0.6) is 0 Å². The van der Waals surface area contributed by atoms with Crippen LogP contribution in [0.4, 0.5) is 0 Å². The molecule has 12 heavy (non-hydrogen) atoms. The minimum Gasteiger partial charge on any atom is -0.495 e. The maximum absolute atomic E-state index is 9.73. The third-order valence-corrected chi connectivity index (χ3v) is 2.64. The highest BCUT2D eigenvalue weighted by molar-refractivity contribution is 5.20. The van der Waals surface area contributed by atoms with Crippen LogP contribution in [0.3, 0.4) is 0 Å². The molecule has 0 aromatic heterocycles. The van der Waals surface area contributed by atoms with Gasteiger partial charge in [0.2, 0.25) is 0 Å². The molecule has 1 saturated carbocycles. The first kappa shape index (κ1) is 8.11. The van der Waals surface area contributed by atoms with Gasteiger partial charge in [-0.15, -0.1) is 0 Å². The van der Waals surface area contributed by atoms with Gasteiger partial charge in [-0.1, -0.05) is 13.8 Å². The molecule has 2 heteroatoms. The molecule has 0 unspecified atom stereocenters. The summed E-state index contributed by atoms with van der Waals surface area (Å²) in [6.45, 7) is 5.09. The van der Waals surface area contributed by atoms with Crippen LogP contribution in [0.1, 0.15) is 33.1 Å². The van der Waals surface area contributed by atoms with Gasteiger partial charge in [0.15, 0.2) is 0 Å². The van der Waals surface area contributed by atoms with E-state index in [1.807, 2.05) is 0 Å². The molecule has 0 amide bonds. The van der Waals surface area contributed by atoms with Crippen molar-refractivity contribution in [3.8, 4) is 0 Å². The predicted molar refractivity (Wildman–Crippen MR) is 46.6 cm³/mol. The molecule has 0 radical (unpaired) electrons. The fraction of sp³-hybridized carbons (Fsp3) is 0.800. The van der Waals surface area contributed by atoms with E-state index in [1.54, 1.807) is 0 Å². The van der Waals surface area contributed by atoms with Crippen LogP contribution in [0.2, 0.25) is 0 Å². The molecule has 68 valence electrons. The Morgan fingerprint density at radius 2 is 2.08 bits per heavy atom. The van der Waals surface area contributed by atoms with Gasteiger partial charge in [0.1, 0.15) is 11.4 Å². The van der Waals surface area contributed by atoms with Crippen LogP contribution in [-0.4, -0.2) is 17.3 Å². The number of rotatable bonds is 1. The number of hydrogen-bond acceptors (Lipinski definition) is 2. The summed E-state index contributed by atoms with van der Waals surface area (Å²) in [6, 6.07) is 0. The summed E-state index contributed by atoms with van der Waals surface area (Å²) >= 11 is 0. The zero-order chi connectivity index (χ0) is 8.82. The molecule has 1 N–H and O–H groups in total. The molecule has 1 heterocycles. The van der Waals surface area contributed by atoms with E-state index < -0.39 is 5.60 Å².